The Hall–Kier alpha value is -2.05. The number of rotatable bonds is 5. The lowest BCUT2D eigenvalue weighted by atomic mass is 9.96. The summed E-state index contributed by atoms with van der Waals surface area (Å²) in [5, 5.41) is 0.803. The summed E-state index contributed by atoms with van der Waals surface area (Å²) in [4.78, 5) is 7.70. The topological polar surface area (TPSA) is 15.7 Å². The van der Waals surface area contributed by atoms with Gasteiger partial charge in [-0.2, -0.15) is 0 Å². The normalized spacial score (nSPS) is 19.1. The van der Waals surface area contributed by atoms with E-state index in [4.69, 9.17) is 16.3 Å². The van der Waals surface area contributed by atoms with E-state index in [1.165, 1.54) is 33.1 Å². The van der Waals surface area contributed by atoms with Gasteiger partial charge >= 0.3 is 0 Å². The van der Waals surface area contributed by atoms with E-state index in [1.807, 2.05) is 17.8 Å². The van der Waals surface area contributed by atoms with Crippen molar-refractivity contribution in [1.29, 1.82) is 0 Å². The van der Waals surface area contributed by atoms with Gasteiger partial charge < -0.3 is 4.74 Å². The van der Waals surface area contributed by atoms with Gasteiger partial charge in [0.25, 0.3) is 0 Å². The molecule has 1 saturated heterocycles. The first kappa shape index (κ1) is 21.8. The van der Waals surface area contributed by atoms with Gasteiger partial charge in [0.15, 0.2) is 0 Å². The first-order valence-corrected chi connectivity index (χ1v) is 12.3. The lowest BCUT2D eigenvalue weighted by Gasteiger charge is -2.39. The molecule has 0 aliphatic carbocycles. The monoisotopic (exact) mass is 468 g/mol. The Morgan fingerprint density at radius 1 is 0.938 bits per heavy atom. The van der Waals surface area contributed by atoms with E-state index in [2.05, 4.69) is 46.2 Å². The van der Waals surface area contributed by atoms with E-state index in [9.17, 15) is 4.39 Å². The summed E-state index contributed by atoms with van der Waals surface area (Å²) >= 11 is 8.27. The molecule has 2 aliphatic heterocycles. The highest BCUT2D eigenvalue weighted by Crippen LogP contribution is 2.43. The van der Waals surface area contributed by atoms with Crippen LogP contribution < -0.4 is 4.74 Å². The molecule has 1 atom stereocenters. The van der Waals surface area contributed by atoms with Crippen LogP contribution in [0.2, 0.25) is 5.02 Å². The third-order valence-corrected chi connectivity index (χ3v) is 7.72. The molecule has 5 rings (SSSR count). The molecular weight excluding hydrogens is 443 g/mol. The van der Waals surface area contributed by atoms with E-state index >= 15 is 0 Å². The summed E-state index contributed by atoms with van der Waals surface area (Å²) in [5.41, 5.74) is 2.75. The minimum atomic E-state index is -0.240. The number of nitrogens with zero attached hydrogens (tertiary/aromatic N) is 2. The van der Waals surface area contributed by atoms with Gasteiger partial charge in [-0.15, -0.1) is 0 Å². The summed E-state index contributed by atoms with van der Waals surface area (Å²) in [6, 6.07) is 21.6. The van der Waals surface area contributed by atoms with Gasteiger partial charge in [-0.3, -0.25) is 9.80 Å². The molecule has 2 aliphatic rings. The van der Waals surface area contributed by atoms with Crippen molar-refractivity contribution in [2.24, 2.45) is 0 Å². The summed E-state index contributed by atoms with van der Waals surface area (Å²) in [5.74, 6) is 0.476. The molecule has 2 heterocycles. The molecule has 0 amide bonds. The molecule has 0 radical (unpaired) electrons. The minimum absolute atomic E-state index is 0.240. The summed E-state index contributed by atoms with van der Waals surface area (Å²) < 4.78 is 18.8. The zero-order valence-electron chi connectivity index (χ0n) is 17.8. The molecule has 1 unspecified atom stereocenters. The van der Waals surface area contributed by atoms with Gasteiger partial charge in [0.1, 0.15) is 18.2 Å². The van der Waals surface area contributed by atoms with Crippen LogP contribution in [0.5, 0.6) is 5.75 Å². The zero-order chi connectivity index (χ0) is 21.9. The average Bonchev–Trinajstić information content (AvgIpc) is 2.97. The SMILES string of the molecule is Fc1ccc(OCCN2CCN(C3Cc4ccccc4Sc4ccc(Cl)cc43)CC2)cc1. The van der Waals surface area contributed by atoms with Crippen molar-refractivity contribution < 1.29 is 9.13 Å². The van der Waals surface area contributed by atoms with Crippen LogP contribution in [0.1, 0.15) is 17.2 Å². The Balaban J connectivity index is 1.23. The van der Waals surface area contributed by atoms with Crippen molar-refractivity contribution in [1.82, 2.24) is 9.80 Å². The first-order valence-electron chi connectivity index (χ1n) is 11.1. The van der Waals surface area contributed by atoms with Crippen LogP contribution in [-0.2, 0) is 6.42 Å². The Kier molecular flexibility index (Phi) is 6.69. The predicted octanol–water partition coefficient (Wildman–Crippen LogP) is 5.92. The fraction of sp³-hybridized carbons (Fsp3) is 0.308. The summed E-state index contributed by atoms with van der Waals surface area (Å²) in [7, 11) is 0. The zero-order valence-corrected chi connectivity index (χ0v) is 19.4. The third kappa shape index (κ3) is 4.96. The van der Waals surface area contributed by atoms with Crippen molar-refractivity contribution >= 4 is 23.4 Å². The first-order chi connectivity index (χ1) is 15.7. The number of hydrogen-bond acceptors (Lipinski definition) is 4. The summed E-state index contributed by atoms with van der Waals surface area (Å²) in [6.07, 6.45) is 1.00. The van der Waals surface area contributed by atoms with Crippen LogP contribution in [0.4, 0.5) is 4.39 Å². The van der Waals surface area contributed by atoms with E-state index < -0.39 is 0 Å². The van der Waals surface area contributed by atoms with Gasteiger partial charge in [0.05, 0.1) is 0 Å². The van der Waals surface area contributed by atoms with Crippen molar-refractivity contribution in [3.05, 3.63) is 88.7 Å². The third-order valence-electron chi connectivity index (χ3n) is 6.27. The summed E-state index contributed by atoms with van der Waals surface area (Å²) in [6.45, 7) is 5.52. The van der Waals surface area contributed by atoms with Gasteiger partial charge in [-0.1, -0.05) is 41.6 Å². The maximum Gasteiger partial charge on any atom is 0.123 e. The molecule has 0 bridgehead atoms. The Morgan fingerprint density at radius 2 is 1.72 bits per heavy atom. The van der Waals surface area contributed by atoms with E-state index in [1.54, 1.807) is 12.1 Å². The maximum absolute atomic E-state index is 13.0. The maximum atomic E-state index is 13.0. The number of hydrogen-bond donors (Lipinski definition) is 0. The van der Waals surface area contributed by atoms with Gasteiger partial charge in [0.2, 0.25) is 0 Å². The van der Waals surface area contributed by atoms with Crippen molar-refractivity contribution in [2.45, 2.75) is 22.3 Å². The molecule has 3 aromatic rings. The van der Waals surface area contributed by atoms with Crippen LogP contribution in [-0.4, -0.2) is 49.1 Å². The largest absolute Gasteiger partial charge is 0.492 e. The molecule has 32 heavy (non-hydrogen) atoms. The lowest BCUT2D eigenvalue weighted by Crippen LogP contribution is -2.49. The van der Waals surface area contributed by atoms with Gasteiger partial charge in [0, 0.05) is 53.6 Å². The Labute approximate surface area is 198 Å². The molecule has 3 aromatic carbocycles. The highest BCUT2D eigenvalue weighted by Gasteiger charge is 2.30. The number of fused-ring (bicyclic) bond motifs is 2. The molecule has 0 spiro atoms. The second kappa shape index (κ2) is 9.84. The molecule has 0 saturated carbocycles. The molecule has 3 nitrogen and oxygen atoms in total. The second-order valence-corrected chi connectivity index (χ2v) is 9.81. The quantitative estimate of drug-likeness (QED) is 0.461. The van der Waals surface area contributed by atoms with Crippen molar-refractivity contribution in [3.8, 4) is 5.75 Å². The van der Waals surface area contributed by atoms with E-state index in [0.717, 1.165) is 44.2 Å². The minimum Gasteiger partial charge on any atom is -0.492 e. The van der Waals surface area contributed by atoms with Crippen LogP contribution in [0, 0.1) is 5.82 Å². The van der Waals surface area contributed by atoms with Crippen molar-refractivity contribution in [3.63, 3.8) is 0 Å². The van der Waals surface area contributed by atoms with Crippen LogP contribution >= 0.6 is 23.4 Å². The molecule has 1 fully saturated rings. The number of halogens is 2. The van der Waals surface area contributed by atoms with Crippen LogP contribution in [0.25, 0.3) is 0 Å². The second-order valence-electron chi connectivity index (χ2n) is 8.29. The number of ether oxygens (including phenoxy) is 1. The molecule has 166 valence electrons. The fourth-order valence-corrected chi connectivity index (χ4v) is 5.82. The predicted molar refractivity (Wildman–Crippen MR) is 128 cm³/mol. The standard InChI is InChI=1S/C26H26ClFN2OS/c27-20-5-10-26-23(18-20)24(17-19-3-1-2-4-25(19)32-26)30-13-11-29(12-14-30)15-16-31-22-8-6-21(28)7-9-22/h1-10,18,24H,11-17H2. The van der Waals surface area contributed by atoms with Crippen LogP contribution in [0.3, 0.4) is 0 Å². The lowest BCUT2D eigenvalue weighted by molar-refractivity contribution is 0.0850. The van der Waals surface area contributed by atoms with Crippen molar-refractivity contribution in [2.75, 3.05) is 39.3 Å². The smallest absolute Gasteiger partial charge is 0.123 e. The van der Waals surface area contributed by atoms with Gasteiger partial charge in [-0.25, -0.2) is 4.39 Å². The molecule has 6 heteroatoms. The van der Waals surface area contributed by atoms with Crippen LogP contribution in [0.15, 0.2) is 76.5 Å². The molecule has 0 N–H and O–H groups in total. The van der Waals surface area contributed by atoms with E-state index in [0.29, 0.717) is 18.4 Å². The number of benzene rings is 3. The van der Waals surface area contributed by atoms with E-state index in [-0.39, 0.29) is 5.82 Å². The highest BCUT2D eigenvalue weighted by molar-refractivity contribution is 7.99. The van der Waals surface area contributed by atoms with Gasteiger partial charge in [-0.05, 0) is 66.1 Å². The molecular formula is C26H26ClFN2OS. The Morgan fingerprint density at radius 3 is 2.53 bits per heavy atom. The fourth-order valence-electron chi connectivity index (χ4n) is 4.53. The average molecular weight is 469 g/mol. The number of piperazine rings is 1. The Bertz CT molecular complexity index is 1070. The highest BCUT2D eigenvalue weighted by atomic mass is 35.5. The molecule has 0 aromatic heterocycles.